The number of hydrogen-bond donors (Lipinski definition) is 1. The minimum absolute atomic E-state index is 0.101. The number of nitrogens with zero attached hydrogens (tertiary/aromatic N) is 1. The Morgan fingerprint density at radius 3 is 2.75 bits per heavy atom. The number of carboxylic acid groups (broad SMARTS) is 1. The van der Waals surface area contributed by atoms with Gasteiger partial charge in [-0.05, 0) is 12.8 Å². The summed E-state index contributed by atoms with van der Waals surface area (Å²) < 4.78 is 4.81. The van der Waals surface area contributed by atoms with E-state index in [1.807, 2.05) is 0 Å². The van der Waals surface area contributed by atoms with Gasteiger partial charge in [-0.3, -0.25) is 4.79 Å². The smallest absolute Gasteiger partial charge is 0.312 e. The van der Waals surface area contributed by atoms with E-state index in [0.717, 1.165) is 0 Å². The second kappa shape index (κ2) is 3.11. The average Bonchev–Trinajstić information content (AvgIpc) is 1.95. The van der Waals surface area contributed by atoms with Crippen molar-refractivity contribution in [3.63, 3.8) is 0 Å². The highest BCUT2D eigenvalue weighted by atomic mass is 16.5. The number of hydrogen-bond acceptors (Lipinski definition) is 3. The van der Waals surface area contributed by atoms with E-state index in [1.54, 1.807) is 0 Å². The molecular formula is C8H11NO3. The van der Waals surface area contributed by atoms with Gasteiger partial charge in [0.15, 0.2) is 0 Å². The van der Waals surface area contributed by atoms with Crippen LogP contribution in [0.2, 0.25) is 0 Å². The number of nitriles is 1. The lowest BCUT2D eigenvalue weighted by atomic mass is 9.63. The molecule has 1 fully saturated rings. The Kier molecular flexibility index (Phi) is 2.34. The van der Waals surface area contributed by atoms with Gasteiger partial charge < -0.3 is 9.84 Å². The first-order valence-corrected chi connectivity index (χ1v) is 3.76. The van der Waals surface area contributed by atoms with Crippen molar-refractivity contribution in [2.75, 3.05) is 13.7 Å². The first-order chi connectivity index (χ1) is 5.64. The Morgan fingerprint density at radius 1 is 1.83 bits per heavy atom. The van der Waals surface area contributed by atoms with E-state index in [2.05, 4.69) is 6.07 Å². The van der Waals surface area contributed by atoms with Gasteiger partial charge in [-0.2, -0.15) is 5.26 Å². The molecule has 0 aliphatic heterocycles. The Labute approximate surface area is 70.7 Å². The minimum atomic E-state index is -0.851. The molecule has 0 bridgehead atoms. The highest BCUT2D eigenvalue weighted by Crippen LogP contribution is 2.45. The first kappa shape index (κ1) is 9.01. The second-order valence-corrected chi connectivity index (χ2v) is 3.25. The van der Waals surface area contributed by atoms with Gasteiger partial charge in [0.05, 0.1) is 18.1 Å². The van der Waals surface area contributed by atoms with E-state index >= 15 is 0 Å². The molecule has 0 unspecified atom stereocenters. The molecule has 0 aromatic carbocycles. The monoisotopic (exact) mass is 169 g/mol. The van der Waals surface area contributed by atoms with Crippen molar-refractivity contribution in [2.24, 2.45) is 11.3 Å². The summed E-state index contributed by atoms with van der Waals surface area (Å²) in [5.74, 6) is -0.952. The summed E-state index contributed by atoms with van der Waals surface area (Å²) in [6, 6.07) is 2.05. The summed E-state index contributed by atoms with van der Waals surface area (Å²) in [5, 5.41) is 17.3. The molecule has 1 aliphatic carbocycles. The van der Waals surface area contributed by atoms with Crippen LogP contribution in [0.4, 0.5) is 0 Å². The molecule has 0 atom stereocenters. The van der Waals surface area contributed by atoms with Crippen molar-refractivity contribution in [3.05, 3.63) is 0 Å². The maximum atomic E-state index is 10.8. The largest absolute Gasteiger partial charge is 0.481 e. The molecule has 4 heteroatoms. The SMILES string of the molecule is COCC1(C(=O)O)CC(C#N)C1. The van der Waals surface area contributed by atoms with Gasteiger partial charge in [-0.15, -0.1) is 0 Å². The van der Waals surface area contributed by atoms with Gasteiger partial charge in [0.2, 0.25) is 0 Å². The molecule has 1 saturated carbocycles. The fourth-order valence-corrected chi connectivity index (χ4v) is 1.61. The Morgan fingerprint density at radius 2 is 2.42 bits per heavy atom. The van der Waals surface area contributed by atoms with Crippen molar-refractivity contribution in [2.45, 2.75) is 12.8 Å². The van der Waals surface area contributed by atoms with Gasteiger partial charge >= 0.3 is 5.97 Å². The van der Waals surface area contributed by atoms with Crippen LogP contribution < -0.4 is 0 Å². The van der Waals surface area contributed by atoms with Crippen molar-refractivity contribution in [1.82, 2.24) is 0 Å². The zero-order valence-corrected chi connectivity index (χ0v) is 6.91. The number of methoxy groups -OCH3 is 1. The van der Waals surface area contributed by atoms with Crippen LogP contribution in [0.25, 0.3) is 0 Å². The van der Waals surface area contributed by atoms with Gasteiger partial charge in [-0.1, -0.05) is 0 Å². The van der Waals surface area contributed by atoms with Crippen molar-refractivity contribution in [3.8, 4) is 6.07 Å². The van der Waals surface area contributed by atoms with Gasteiger partial charge in [0.1, 0.15) is 0 Å². The Balaban J connectivity index is 2.57. The maximum absolute atomic E-state index is 10.8. The summed E-state index contributed by atoms with van der Waals surface area (Å²) >= 11 is 0. The highest BCUT2D eigenvalue weighted by molar-refractivity contribution is 5.76. The summed E-state index contributed by atoms with van der Waals surface area (Å²) in [5.41, 5.74) is -0.783. The molecule has 1 aliphatic rings. The van der Waals surface area contributed by atoms with Crippen molar-refractivity contribution in [1.29, 1.82) is 5.26 Å². The molecule has 0 spiro atoms. The third-order valence-electron chi connectivity index (χ3n) is 2.33. The molecule has 0 heterocycles. The topological polar surface area (TPSA) is 70.3 Å². The van der Waals surface area contributed by atoms with Crippen LogP contribution in [-0.4, -0.2) is 24.8 Å². The van der Waals surface area contributed by atoms with Crippen LogP contribution in [-0.2, 0) is 9.53 Å². The first-order valence-electron chi connectivity index (χ1n) is 3.76. The molecule has 66 valence electrons. The molecule has 0 radical (unpaired) electrons. The lowest BCUT2D eigenvalue weighted by Gasteiger charge is -2.40. The molecule has 12 heavy (non-hydrogen) atoms. The standard InChI is InChI=1S/C8H11NO3/c1-12-5-8(7(10)11)2-6(3-8)4-9/h6H,2-3,5H2,1H3,(H,10,11). The van der Waals surface area contributed by atoms with Crippen LogP contribution in [0.15, 0.2) is 0 Å². The van der Waals surface area contributed by atoms with Crippen LogP contribution in [0.5, 0.6) is 0 Å². The van der Waals surface area contributed by atoms with Crippen LogP contribution in [0.3, 0.4) is 0 Å². The number of aliphatic carboxylic acids is 1. The molecule has 1 rings (SSSR count). The molecule has 0 aromatic heterocycles. The van der Waals surface area contributed by atoms with E-state index in [9.17, 15) is 4.79 Å². The number of carboxylic acids is 1. The lowest BCUT2D eigenvalue weighted by molar-refractivity contribution is -0.161. The fraction of sp³-hybridized carbons (Fsp3) is 0.750. The van der Waals surface area contributed by atoms with E-state index in [0.29, 0.717) is 12.8 Å². The summed E-state index contributed by atoms with van der Waals surface area (Å²) in [4.78, 5) is 10.8. The predicted molar refractivity (Wildman–Crippen MR) is 40.3 cm³/mol. The van der Waals surface area contributed by atoms with Crippen molar-refractivity contribution < 1.29 is 14.6 Å². The highest BCUT2D eigenvalue weighted by Gasteiger charge is 2.50. The van der Waals surface area contributed by atoms with E-state index in [4.69, 9.17) is 15.1 Å². The van der Waals surface area contributed by atoms with Crippen molar-refractivity contribution >= 4 is 5.97 Å². The Bertz CT molecular complexity index is 225. The van der Waals surface area contributed by atoms with Crippen LogP contribution in [0, 0.1) is 22.7 Å². The van der Waals surface area contributed by atoms with E-state index in [-0.39, 0.29) is 12.5 Å². The molecule has 0 aromatic rings. The van der Waals surface area contributed by atoms with Crippen LogP contribution in [0.1, 0.15) is 12.8 Å². The Hall–Kier alpha value is -1.08. The molecule has 4 nitrogen and oxygen atoms in total. The fourth-order valence-electron chi connectivity index (χ4n) is 1.61. The van der Waals surface area contributed by atoms with Gasteiger partial charge in [0.25, 0.3) is 0 Å². The zero-order valence-electron chi connectivity index (χ0n) is 6.91. The van der Waals surface area contributed by atoms with E-state index < -0.39 is 11.4 Å². The maximum Gasteiger partial charge on any atom is 0.312 e. The molecule has 0 amide bonds. The zero-order chi connectivity index (χ0) is 9.19. The predicted octanol–water partition coefficient (Wildman–Crippen LogP) is 0.637. The number of rotatable bonds is 3. The summed E-state index contributed by atoms with van der Waals surface area (Å²) in [6.45, 7) is 0.209. The van der Waals surface area contributed by atoms with Crippen LogP contribution >= 0.6 is 0 Å². The van der Waals surface area contributed by atoms with Gasteiger partial charge in [-0.25, -0.2) is 0 Å². The molecule has 1 N–H and O–H groups in total. The number of ether oxygens (including phenoxy) is 1. The molecule has 0 saturated heterocycles. The summed E-state index contributed by atoms with van der Waals surface area (Å²) in [7, 11) is 1.48. The second-order valence-electron chi connectivity index (χ2n) is 3.25. The van der Waals surface area contributed by atoms with Gasteiger partial charge in [0, 0.05) is 13.0 Å². The third kappa shape index (κ3) is 1.28. The third-order valence-corrected chi connectivity index (χ3v) is 2.33. The minimum Gasteiger partial charge on any atom is -0.481 e. The number of carbonyl (C=O) groups is 1. The average molecular weight is 169 g/mol. The lowest BCUT2D eigenvalue weighted by Crippen LogP contribution is -2.46. The quantitative estimate of drug-likeness (QED) is 0.672. The molecular weight excluding hydrogens is 158 g/mol. The van der Waals surface area contributed by atoms with E-state index in [1.165, 1.54) is 7.11 Å². The summed E-state index contributed by atoms with van der Waals surface area (Å²) in [6.07, 6.45) is 0.847. The normalized spacial score (nSPS) is 33.5.